The van der Waals surface area contributed by atoms with Crippen LogP contribution in [0.3, 0.4) is 0 Å². The number of benzene rings is 1. The molecule has 0 saturated heterocycles. The van der Waals surface area contributed by atoms with Crippen LogP contribution in [0.5, 0.6) is 0 Å². The first-order valence-electron chi connectivity index (χ1n) is 6.48. The third-order valence-electron chi connectivity index (χ3n) is 2.94. The second kappa shape index (κ2) is 8.19. The van der Waals surface area contributed by atoms with Gasteiger partial charge < -0.3 is 10.5 Å². The fourth-order valence-electron chi connectivity index (χ4n) is 1.80. The highest BCUT2D eigenvalue weighted by molar-refractivity contribution is 5.25. The van der Waals surface area contributed by atoms with Crippen molar-refractivity contribution in [3.63, 3.8) is 0 Å². The first-order valence-corrected chi connectivity index (χ1v) is 6.48. The van der Waals surface area contributed by atoms with E-state index in [4.69, 9.17) is 10.5 Å². The van der Waals surface area contributed by atoms with Crippen LogP contribution in [0, 0.1) is 5.82 Å². The highest BCUT2D eigenvalue weighted by Crippen LogP contribution is 2.13. The molecular weight excluding hydrogens is 231 g/mol. The minimum absolute atomic E-state index is 0.165. The van der Waals surface area contributed by atoms with E-state index in [2.05, 4.69) is 11.8 Å². The molecule has 0 saturated carbocycles. The molecule has 0 amide bonds. The maximum Gasteiger partial charge on any atom is 0.127 e. The van der Waals surface area contributed by atoms with E-state index in [9.17, 15) is 4.39 Å². The molecule has 2 N–H and O–H groups in total. The van der Waals surface area contributed by atoms with Crippen LogP contribution in [0.2, 0.25) is 0 Å². The van der Waals surface area contributed by atoms with Crippen LogP contribution in [-0.4, -0.2) is 31.2 Å². The monoisotopic (exact) mass is 254 g/mol. The summed E-state index contributed by atoms with van der Waals surface area (Å²) >= 11 is 0. The normalized spacial score (nSPS) is 11.2. The first kappa shape index (κ1) is 15.1. The molecule has 1 aromatic carbocycles. The first-order chi connectivity index (χ1) is 8.71. The Morgan fingerprint density at radius 2 is 2.11 bits per heavy atom. The molecule has 0 heterocycles. The summed E-state index contributed by atoms with van der Waals surface area (Å²) in [6.45, 7) is 8.17. The summed E-state index contributed by atoms with van der Waals surface area (Å²) in [4.78, 5) is 2.16. The molecule has 18 heavy (non-hydrogen) atoms. The molecule has 3 nitrogen and oxygen atoms in total. The van der Waals surface area contributed by atoms with Crippen molar-refractivity contribution in [1.29, 1.82) is 0 Å². The molecule has 0 bridgehead atoms. The third kappa shape index (κ3) is 4.72. The second-order valence-electron chi connectivity index (χ2n) is 4.20. The summed E-state index contributed by atoms with van der Waals surface area (Å²) in [5.41, 5.74) is 7.24. The van der Waals surface area contributed by atoms with Crippen LogP contribution in [0.15, 0.2) is 18.2 Å². The van der Waals surface area contributed by atoms with E-state index in [1.807, 2.05) is 13.0 Å². The molecule has 0 spiro atoms. The lowest BCUT2D eigenvalue weighted by atomic mass is 10.1. The van der Waals surface area contributed by atoms with Gasteiger partial charge in [0.05, 0.1) is 6.61 Å². The Balaban J connectivity index is 2.62. The maximum absolute atomic E-state index is 13.7. The molecule has 0 aliphatic heterocycles. The number of likely N-dealkylation sites (N-methyl/N-ethyl adjacent to an activating group) is 1. The van der Waals surface area contributed by atoms with Gasteiger partial charge in [0.15, 0.2) is 0 Å². The smallest absolute Gasteiger partial charge is 0.127 e. The lowest BCUT2D eigenvalue weighted by molar-refractivity contribution is 0.112. The largest absolute Gasteiger partial charge is 0.380 e. The van der Waals surface area contributed by atoms with E-state index < -0.39 is 0 Å². The zero-order valence-corrected chi connectivity index (χ0v) is 11.3. The second-order valence-corrected chi connectivity index (χ2v) is 4.20. The Morgan fingerprint density at radius 3 is 2.72 bits per heavy atom. The van der Waals surface area contributed by atoms with Crippen LogP contribution >= 0.6 is 0 Å². The Bertz CT molecular complexity index is 358. The van der Waals surface area contributed by atoms with E-state index in [1.54, 1.807) is 6.07 Å². The Morgan fingerprint density at radius 1 is 1.33 bits per heavy atom. The quantitative estimate of drug-likeness (QED) is 0.722. The summed E-state index contributed by atoms with van der Waals surface area (Å²) in [5.74, 6) is -0.165. The van der Waals surface area contributed by atoms with Gasteiger partial charge >= 0.3 is 0 Å². The zero-order chi connectivity index (χ0) is 13.4. The molecular formula is C14H23FN2O. The van der Waals surface area contributed by atoms with Crippen molar-refractivity contribution < 1.29 is 9.13 Å². The predicted molar refractivity (Wildman–Crippen MR) is 71.7 cm³/mol. The summed E-state index contributed by atoms with van der Waals surface area (Å²) in [6.07, 6.45) is 0. The number of ether oxygens (including phenoxy) is 1. The van der Waals surface area contributed by atoms with E-state index in [1.165, 1.54) is 6.07 Å². The third-order valence-corrected chi connectivity index (χ3v) is 2.94. The molecule has 1 aromatic rings. The number of nitrogens with two attached hydrogens (primary N) is 1. The molecule has 0 fully saturated rings. The topological polar surface area (TPSA) is 38.5 Å². The van der Waals surface area contributed by atoms with Gasteiger partial charge in [-0.05, 0) is 25.1 Å². The molecule has 0 aromatic heterocycles. The van der Waals surface area contributed by atoms with Crippen molar-refractivity contribution in [2.24, 2.45) is 5.73 Å². The molecule has 4 heteroatoms. The predicted octanol–water partition coefficient (Wildman–Crippen LogP) is 2.14. The lowest BCUT2D eigenvalue weighted by Gasteiger charge is -2.20. The fourth-order valence-corrected chi connectivity index (χ4v) is 1.80. The minimum Gasteiger partial charge on any atom is -0.380 e. The van der Waals surface area contributed by atoms with E-state index >= 15 is 0 Å². The number of nitrogens with zero attached hydrogens (tertiary/aromatic N) is 1. The van der Waals surface area contributed by atoms with Gasteiger partial charge in [0.25, 0.3) is 0 Å². The highest BCUT2D eigenvalue weighted by Gasteiger charge is 2.08. The van der Waals surface area contributed by atoms with Crippen molar-refractivity contribution in [2.45, 2.75) is 26.9 Å². The van der Waals surface area contributed by atoms with Gasteiger partial charge in [0.2, 0.25) is 0 Å². The van der Waals surface area contributed by atoms with E-state index in [0.29, 0.717) is 31.9 Å². The molecule has 1 rings (SSSR count). The lowest BCUT2D eigenvalue weighted by Crippen LogP contribution is -2.27. The average molecular weight is 254 g/mol. The van der Waals surface area contributed by atoms with Gasteiger partial charge in [-0.1, -0.05) is 19.1 Å². The summed E-state index contributed by atoms with van der Waals surface area (Å²) < 4.78 is 19.0. The van der Waals surface area contributed by atoms with Gasteiger partial charge in [-0.25, -0.2) is 4.39 Å². The molecule has 0 radical (unpaired) electrons. The summed E-state index contributed by atoms with van der Waals surface area (Å²) in [6, 6.07) is 5.07. The van der Waals surface area contributed by atoms with Crippen LogP contribution in [0.4, 0.5) is 4.39 Å². The molecule has 0 atom stereocenters. The average Bonchev–Trinajstić information content (AvgIpc) is 2.40. The van der Waals surface area contributed by atoms with Gasteiger partial charge in [-0.2, -0.15) is 0 Å². The number of hydrogen-bond acceptors (Lipinski definition) is 3. The molecule has 0 unspecified atom stereocenters. The highest BCUT2D eigenvalue weighted by atomic mass is 19.1. The molecule has 0 aliphatic carbocycles. The Kier molecular flexibility index (Phi) is 6.86. The standard InChI is InChI=1S/C14H23FN2O/c1-3-17(7-8-18-4-2)11-13-9-12(10-16)5-6-14(13)15/h5-6,9H,3-4,7-8,10-11,16H2,1-2H3. The maximum atomic E-state index is 13.7. The molecule has 0 aliphatic rings. The van der Waals surface area contributed by atoms with Crippen LogP contribution in [0.1, 0.15) is 25.0 Å². The fraction of sp³-hybridized carbons (Fsp3) is 0.571. The van der Waals surface area contributed by atoms with Gasteiger partial charge in [0.1, 0.15) is 5.82 Å². The Hall–Kier alpha value is -0.970. The van der Waals surface area contributed by atoms with Crippen molar-refractivity contribution in [2.75, 3.05) is 26.3 Å². The SMILES string of the molecule is CCOCCN(CC)Cc1cc(CN)ccc1F. The van der Waals surface area contributed by atoms with Crippen LogP contribution in [0.25, 0.3) is 0 Å². The van der Waals surface area contributed by atoms with Crippen molar-refractivity contribution in [1.82, 2.24) is 4.90 Å². The van der Waals surface area contributed by atoms with Gasteiger partial charge in [0, 0.05) is 31.8 Å². The Labute approximate surface area is 109 Å². The minimum atomic E-state index is -0.165. The van der Waals surface area contributed by atoms with Crippen molar-refractivity contribution in [3.8, 4) is 0 Å². The number of halogens is 1. The summed E-state index contributed by atoms with van der Waals surface area (Å²) in [5, 5.41) is 0. The summed E-state index contributed by atoms with van der Waals surface area (Å²) in [7, 11) is 0. The molecule has 102 valence electrons. The van der Waals surface area contributed by atoms with Crippen LogP contribution in [-0.2, 0) is 17.8 Å². The zero-order valence-electron chi connectivity index (χ0n) is 11.3. The number of hydrogen-bond donors (Lipinski definition) is 1. The van der Waals surface area contributed by atoms with Gasteiger partial charge in [-0.3, -0.25) is 4.90 Å². The number of rotatable bonds is 8. The van der Waals surface area contributed by atoms with Crippen molar-refractivity contribution in [3.05, 3.63) is 35.1 Å². The van der Waals surface area contributed by atoms with Crippen LogP contribution < -0.4 is 5.73 Å². The van der Waals surface area contributed by atoms with E-state index in [-0.39, 0.29) is 5.82 Å². The van der Waals surface area contributed by atoms with Crippen molar-refractivity contribution >= 4 is 0 Å². The van der Waals surface area contributed by atoms with Gasteiger partial charge in [-0.15, -0.1) is 0 Å². The van der Waals surface area contributed by atoms with E-state index in [0.717, 1.165) is 18.7 Å².